The van der Waals surface area contributed by atoms with Gasteiger partial charge in [-0.25, -0.2) is 0 Å². The minimum absolute atomic E-state index is 0.0768. The monoisotopic (exact) mass is 280 g/mol. The van der Waals surface area contributed by atoms with Crippen LogP contribution in [-0.4, -0.2) is 53.1 Å². The molecule has 1 fully saturated rings. The number of benzene rings is 1. The molecule has 5 nitrogen and oxygen atoms in total. The van der Waals surface area contributed by atoms with Gasteiger partial charge in [0.05, 0.1) is 18.9 Å². The Balaban J connectivity index is 2.16. The van der Waals surface area contributed by atoms with Gasteiger partial charge in [0.25, 0.3) is 0 Å². The van der Waals surface area contributed by atoms with Crippen LogP contribution in [0.2, 0.25) is 0 Å². The van der Waals surface area contributed by atoms with Gasteiger partial charge in [-0.3, -0.25) is 0 Å². The Kier molecular flexibility index (Phi) is 5.49. The van der Waals surface area contributed by atoms with E-state index in [9.17, 15) is 0 Å². The average molecular weight is 280 g/mol. The van der Waals surface area contributed by atoms with Crippen LogP contribution < -0.4 is 19.7 Å². The molecule has 0 aliphatic carbocycles. The van der Waals surface area contributed by atoms with Crippen molar-refractivity contribution >= 4 is 5.69 Å². The van der Waals surface area contributed by atoms with Crippen LogP contribution in [0, 0.1) is 0 Å². The van der Waals surface area contributed by atoms with E-state index in [-0.39, 0.29) is 6.10 Å². The third kappa shape index (κ3) is 3.77. The molecule has 1 N–H and O–H groups in total. The molecule has 1 atom stereocenters. The van der Waals surface area contributed by atoms with Crippen LogP contribution in [0.5, 0.6) is 11.5 Å². The topological polar surface area (TPSA) is 43.0 Å². The number of hydrogen-bond donors (Lipinski definition) is 1. The summed E-state index contributed by atoms with van der Waals surface area (Å²) < 4.78 is 16.5. The lowest BCUT2D eigenvalue weighted by atomic mass is 10.2. The molecule has 0 radical (unpaired) electrons. The summed E-state index contributed by atoms with van der Waals surface area (Å²) in [7, 11) is 3.38. The summed E-state index contributed by atoms with van der Waals surface area (Å²) in [6.07, 6.45) is 0.0768. The summed E-state index contributed by atoms with van der Waals surface area (Å²) in [6.45, 7) is 6.47. The van der Waals surface area contributed by atoms with Crippen molar-refractivity contribution in [1.82, 2.24) is 5.32 Å². The van der Waals surface area contributed by atoms with Crippen LogP contribution in [0.15, 0.2) is 18.2 Å². The second kappa shape index (κ2) is 7.36. The Morgan fingerprint density at radius 2 is 2.00 bits per heavy atom. The van der Waals surface area contributed by atoms with E-state index in [2.05, 4.69) is 10.2 Å². The molecule has 1 heterocycles. The van der Waals surface area contributed by atoms with Gasteiger partial charge in [0.1, 0.15) is 18.1 Å². The van der Waals surface area contributed by atoms with E-state index in [1.54, 1.807) is 14.2 Å². The number of rotatable bonds is 6. The van der Waals surface area contributed by atoms with Crippen LogP contribution in [0.3, 0.4) is 0 Å². The molecule has 1 unspecified atom stereocenters. The largest absolute Gasteiger partial charge is 0.497 e. The second-order valence-corrected chi connectivity index (χ2v) is 4.93. The fourth-order valence-electron chi connectivity index (χ4n) is 2.17. The zero-order valence-corrected chi connectivity index (χ0v) is 12.5. The number of piperazine rings is 1. The highest BCUT2D eigenvalue weighted by atomic mass is 16.5. The first-order valence-electron chi connectivity index (χ1n) is 7.04. The maximum atomic E-state index is 5.90. The molecule has 1 aliphatic rings. The summed E-state index contributed by atoms with van der Waals surface area (Å²) in [5.74, 6) is 1.74. The van der Waals surface area contributed by atoms with Crippen molar-refractivity contribution in [2.75, 3.05) is 51.9 Å². The number of methoxy groups -OCH3 is 2. The third-order valence-corrected chi connectivity index (χ3v) is 3.50. The van der Waals surface area contributed by atoms with E-state index in [1.807, 2.05) is 25.1 Å². The maximum absolute atomic E-state index is 5.90. The minimum Gasteiger partial charge on any atom is -0.497 e. The highest BCUT2D eigenvalue weighted by molar-refractivity contribution is 5.62. The minimum atomic E-state index is 0.0768. The maximum Gasteiger partial charge on any atom is 0.143 e. The lowest BCUT2D eigenvalue weighted by molar-refractivity contribution is 0.0718. The van der Waals surface area contributed by atoms with E-state index in [1.165, 1.54) is 0 Å². The number of anilines is 1. The van der Waals surface area contributed by atoms with Gasteiger partial charge >= 0.3 is 0 Å². The first kappa shape index (κ1) is 14.9. The third-order valence-electron chi connectivity index (χ3n) is 3.50. The number of ether oxygens (including phenoxy) is 3. The van der Waals surface area contributed by atoms with Crippen molar-refractivity contribution in [3.8, 4) is 11.5 Å². The van der Waals surface area contributed by atoms with E-state index in [0.717, 1.165) is 43.4 Å². The van der Waals surface area contributed by atoms with Crippen molar-refractivity contribution in [3.05, 3.63) is 18.2 Å². The Bertz CT molecular complexity index is 420. The van der Waals surface area contributed by atoms with E-state index in [0.29, 0.717) is 6.61 Å². The van der Waals surface area contributed by atoms with Crippen LogP contribution in [0.1, 0.15) is 6.92 Å². The molecule has 0 aromatic heterocycles. The smallest absolute Gasteiger partial charge is 0.143 e. The zero-order chi connectivity index (χ0) is 14.4. The Morgan fingerprint density at radius 3 is 2.65 bits per heavy atom. The SMILES string of the molecule is COc1ccc(OCC(C)OC)c(N2CCNCC2)c1. The van der Waals surface area contributed by atoms with Gasteiger partial charge in [0.15, 0.2) is 0 Å². The molecule has 1 saturated heterocycles. The normalized spacial score (nSPS) is 16.9. The van der Waals surface area contributed by atoms with Crippen LogP contribution in [-0.2, 0) is 4.74 Å². The lowest BCUT2D eigenvalue weighted by Gasteiger charge is -2.31. The highest BCUT2D eigenvalue weighted by Gasteiger charge is 2.16. The number of nitrogens with zero attached hydrogens (tertiary/aromatic N) is 1. The van der Waals surface area contributed by atoms with Gasteiger partial charge in [0, 0.05) is 39.4 Å². The molecule has 0 spiro atoms. The summed E-state index contributed by atoms with van der Waals surface area (Å²) in [4.78, 5) is 2.33. The molecular weight excluding hydrogens is 256 g/mol. The Labute approximate surface area is 120 Å². The van der Waals surface area contributed by atoms with Crippen LogP contribution >= 0.6 is 0 Å². The van der Waals surface area contributed by atoms with Crippen molar-refractivity contribution in [3.63, 3.8) is 0 Å². The van der Waals surface area contributed by atoms with Gasteiger partial charge in [-0.2, -0.15) is 0 Å². The fourth-order valence-corrected chi connectivity index (χ4v) is 2.17. The Morgan fingerprint density at radius 1 is 1.25 bits per heavy atom. The number of hydrogen-bond acceptors (Lipinski definition) is 5. The standard InChI is InChI=1S/C15H24N2O3/c1-12(18-2)11-20-15-5-4-13(19-3)10-14(15)17-8-6-16-7-9-17/h4-5,10,12,16H,6-9,11H2,1-3H3. The molecule has 1 aromatic rings. The van der Waals surface area contributed by atoms with Crippen LogP contribution in [0.25, 0.3) is 0 Å². The van der Waals surface area contributed by atoms with E-state index < -0.39 is 0 Å². The van der Waals surface area contributed by atoms with Crippen molar-refractivity contribution < 1.29 is 14.2 Å². The summed E-state index contributed by atoms with van der Waals surface area (Å²) in [5.41, 5.74) is 1.09. The summed E-state index contributed by atoms with van der Waals surface area (Å²) in [5, 5.41) is 3.36. The first-order valence-corrected chi connectivity index (χ1v) is 7.04. The molecule has 5 heteroatoms. The second-order valence-electron chi connectivity index (χ2n) is 4.93. The predicted molar refractivity (Wildman–Crippen MR) is 80.0 cm³/mol. The molecule has 2 rings (SSSR count). The van der Waals surface area contributed by atoms with Gasteiger partial charge in [0.2, 0.25) is 0 Å². The average Bonchev–Trinajstić information content (AvgIpc) is 2.53. The van der Waals surface area contributed by atoms with Gasteiger partial charge < -0.3 is 24.4 Å². The van der Waals surface area contributed by atoms with Gasteiger partial charge in [-0.05, 0) is 19.1 Å². The molecular formula is C15H24N2O3. The number of nitrogens with one attached hydrogen (secondary N) is 1. The summed E-state index contributed by atoms with van der Waals surface area (Å²) >= 11 is 0. The van der Waals surface area contributed by atoms with Crippen molar-refractivity contribution in [1.29, 1.82) is 0 Å². The van der Waals surface area contributed by atoms with E-state index >= 15 is 0 Å². The molecule has 20 heavy (non-hydrogen) atoms. The zero-order valence-electron chi connectivity index (χ0n) is 12.5. The van der Waals surface area contributed by atoms with Gasteiger partial charge in [-0.1, -0.05) is 0 Å². The molecule has 0 bridgehead atoms. The predicted octanol–water partition coefficient (Wildman–Crippen LogP) is 1.52. The quantitative estimate of drug-likeness (QED) is 0.856. The highest BCUT2D eigenvalue weighted by Crippen LogP contribution is 2.32. The van der Waals surface area contributed by atoms with Crippen molar-refractivity contribution in [2.45, 2.75) is 13.0 Å². The molecule has 0 saturated carbocycles. The van der Waals surface area contributed by atoms with Gasteiger partial charge in [-0.15, -0.1) is 0 Å². The molecule has 1 aromatic carbocycles. The fraction of sp³-hybridized carbons (Fsp3) is 0.600. The first-order chi connectivity index (χ1) is 9.74. The molecule has 1 aliphatic heterocycles. The Hall–Kier alpha value is -1.46. The van der Waals surface area contributed by atoms with Crippen molar-refractivity contribution in [2.24, 2.45) is 0 Å². The molecule has 112 valence electrons. The molecule has 0 amide bonds. The summed E-state index contributed by atoms with van der Waals surface area (Å²) in [6, 6.07) is 5.94. The lowest BCUT2D eigenvalue weighted by Crippen LogP contribution is -2.43. The van der Waals surface area contributed by atoms with Crippen LogP contribution in [0.4, 0.5) is 5.69 Å². The van der Waals surface area contributed by atoms with E-state index in [4.69, 9.17) is 14.2 Å².